The van der Waals surface area contributed by atoms with Gasteiger partial charge in [0.1, 0.15) is 5.82 Å². The van der Waals surface area contributed by atoms with E-state index in [1.165, 1.54) is 17.8 Å². The van der Waals surface area contributed by atoms with E-state index in [2.05, 4.69) is 27.9 Å². The van der Waals surface area contributed by atoms with Crippen LogP contribution in [0.2, 0.25) is 0 Å². The Kier molecular flexibility index (Phi) is 1.98. The Hall–Kier alpha value is -1.90. The average molecular weight is 238 g/mol. The largest absolute Gasteiger partial charge is 0.334 e. The van der Waals surface area contributed by atoms with Gasteiger partial charge in [-0.05, 0) is 24.5 Å². The molecule has 0 fully saturated rings. The second-order valence-corrected chi connectivity index (χ2v) is 5.13. The molecule has 0 saturated heterocycles. The summed E-state index contributed by atoms with van der Waals surface area (Å²) in [7, 11) is 0. The molecule has 0 unspecified atom stereocenters. The van der Waals surface area contributed by atoms with Crippen LogP contribution in [-0.2, 0) is 19.4 Å². The summed E-state index contributed by atoms with van der Waals surface area (Å²) in [6.07, 6.45) is 5.95. The lowest BCUT2D eigenvalue weighted by molar-refractivity contribution is 0.0994. The van der Waals surface area contributed by atoms with E-state index in [0.717, 1.165) is 36.2 Å². The fourth-order valence-corrected chi connectivity index (χ4v) is 2.99. The predicted octanol–water partition coefficient (Wildman–Crippen LogP) is 2.63. The molecule has 18 heavy (non-hydrogen) atoms. The number of nitrogens with zero attached hydrogens (tertiary/aromatic N) is 2. The number of hydrogen-bond donors (Lipinski definition) is 0. The highest BCUT2D eigenvalue weighted by Gasteiger charge is 2.21. The van der Waals surface area contributed by atoms with Crippen molar-refractivity contribution in [3.8, 4) is 11.3 Å². The van der Waals surface area contributed by atoms with Gasteiger partial charge < -0.3 is 4.57 Å². The lowest BCUT2D eigenvalue weighted by atomic mass is 10.0. The summed E-state index contributed by atoms with van der Waals surface area (Å²) in [5.41, 5.74) is 4.18. The molecule has 1 aliphatic heterocycles. The molecule has 1 aliphatic carbocycles. The quantitative estimate of drug-likeness (QED) is 0.765. The number of aryl methyl sites for hydroxylation is 3. The monoisotopic (exact) mass is 238 g/mol. The molecule has 2 aromatic rings. The number of hydrogen-bond acceptors (Lipinski definition) is 2. The molecule has 1 aromatic carbocycles. The van der Waals surface area contributed by atoms with E-state index in [4.69, 9.17) is 0 Å². The fraction of sp³-hybridized carbons (Fsp3) is 0.333. The minimum Gasteiger partial charge on any atom is -0.334 e. The highest BCUT2D eigenvalue weighted by atomic mass is 16.1. The zero-order valence-electron chi connectivity index (χ0n) is 10.1. The third-order valence-corrected chi connectivity index (χ3v) is 3.99. The molecule has 0 spiro atoms. The van der Waals surface area contributed by atoms with Gasteiger partial charge in [0.2, 0.25) is 0 Å². The molecule has 0 atom stereocenters. The van der Waals surface area contributed by atoms with E-state index in [0.29, 0.717) is 6.42 Å². The highest BCUT2D eigenvalue weighted by molar-refractivity contribution is 6.01. The van der Waals surface area contributed by atoms with Gasteiger partial charge in [-0.1, -0.05) is 12.1 Å². The van der Waals surface area contributed by atoms with E-state index in [1.54, 1.807) is 0 Å². The summed E-state index contributed by atoms with van der Waals surface area (Å²) < 4.78 is 2.23. The maximum atomic E-state index is 11.8. The van der Waals surface area contributed by atoms with Crippen molar-refractivity contribution in [2.75, 3.05) is 0 Å². The number of aromatic nitrogens is 2. The summed E-state index contributed by atoms with van der Waals surface area (Å²) in [4.78, 5) is 16.4. The Morgan fingerprint density at radius 1 is 1.17 bits per heavy atom. The molecule has 3 nitrogen and oxygen atoms in total. The fourth-order valence-electron chi connectivity index (χ4n) is 2.99. The van der Waals surface area contributed by atoms with Crippen LogP contribution in [0.5, 0.6) is 0 Å². The number of ketones is 1. The molecule has 0 radical (unpaired) electrons. The van der Waals surface area contributed by atoms with E-state index >= 15 is 0 Å². The second-order valence-electron chi connectivity index (χ2n) is 5.13. The van der Waals surface area contributed by atoms with Crippen molar-refractivity contribution in [1.82, 2.24) is 9.55 Å². The summed E-state index contributed by atoms with van der Waals surface area (Å²) in [6, 6.07) is 6.19. The van der Waals surface area contributed by atoms with E-state index < -0.39 is 0 Å². The molecule has 0 bridgehead atoms. The summed E-state index contributed by atoms with van der Waals surface area (Å²) in [5.74, 6) is 1.45. The number of imidazole rings is 1. The van der Waals surface area contributed by atoms with Crippen molar-refractivity contribution in [1.29, 1.82) is 0 Å². The molecule has 2 aliphatic rings. The van der Waals surface area contributed by atoms with Gasteiger partial charge >= 0.3 is 0 Å². The van der Waals surface area contributed by atoms with Gasteiger partial charge in [-0.25, -0.2) is 4.98 Å². The van der Waals surface area contributed by atoms with Gasteiger partial charge in [0.25, 0.3) is 0 Å². The Bertz CT molecular complexity index is 633. The van der Waals surface area contributed by atoms with Crippen LogP contribution in [0.1, 0.15) is 34.6 Å². The third kappa shape index (κ3) is 1.37. The van der Waals surface area contributed by atoms with Crippen molar-refractivity contribution < 1.29 is 4.79 Å². The van der Waals surface area contributed by atoms with Crippen LogP contribution >= 0.6 is 0 Å². The van der Waals surface area contributed by atoms with Crippen molar-refractivity contribution in [3.05, 3.63) is 41.3 Å². The Morgan fingerprint density at radius 2 is 2.11 bits per heavy atom. The van der Waals surface area contributed by atoms with Crippen molar-refractivity contribution in [2.24, 2.45) is 0 Å². The minimum absolute atomic E-state index is 0.276. The zero-order chi connectivity index (χ0) is 12.1. The average Bonchev–Trinajstić information content (AvgIpc) is 3.03. The van der Waals surface area contributed by atoms with E-state index in [-0.39, 0.29) is 5.78 Å². The molecule has 3 heteroatoms. The van der Waals surface area contributed by atoms with Crippen molar-refractivity contribution in [3.63, 3.8) is 0 Å². The normalized spacial score (nSPS) is 17.0. The van der Waals surface area contributed by atoms with Crippen LogP contribution in [0.15, 0.2) is 24.4 Å². The van der Waals surface area contributed by atoms with Crippen molar-refractivity contribution in [2.45, 2.75) is 32.2 Å². The first-order chi connectivity index (χ1) is 8.81. The van der Waals surface area contributed by atoms with E-state index in [1.807, 2.05) is 6.07 Å². The number of Topliss-reactive ketones (excluding diaryl/α,β-unsaturated/α-hetero) is 1. The lowest BCUT2D eigenvalue weighted by Gasteiger charge is -2.01. The molecule has 2 heterocycles. The van der Waals surface area contributed by atoms with Gasteiger partial charge in [0.05, 0.1) is 5.69 Å². The molecular weight excluding hydrogens is 224 g/mol. The van der Waals surface area contributed by atoms with Crippen LogP contribution in [-0.4, -0.2) is 15.3 Å². The molecule has 0 saturated carbocycles. The number of carbonyl (C=O) groups excluding carboxylic acids is 1. The highest BCUT2D eigenvalue weighted by Crippen LogP contribution is 2.28. The van der Waals surface area contributed by atoms with Gasteiger partial charge in [-0.2, -0.15) is 0 Å². The maximum Gasteiger partial charge on any atom is 0.163 e. The first kappa shape index (κ1) is 10.1. The summed E-state index contributed by atoms with van der Waals surface area (Å²) in [5, 5.41) is 0. The van der Waals surface area contributed by atoms with Gasteiger partial charge in [-0.15, -0.1) is 0 Å². The summed E-state index contributed by atoms with van der Waals surface area (Å²) >= 11 is 0. The van der Waals surface area contributed by atoms with E-state index in [9.17, 15) is 4.79 Å². The van der Waals surface area contributed by atoms with Crippen LogP contribution in [0.4, 0.5) is 0 Å². The van der Waals surface area contributed by atoms with Crippen LogP contribution in [0.3, 0.4) is 0 Å². The number of rotatable bonds is 1. The molecule has 0 amide bonds. The smallest absolute Gasteiger partial charge is 0.163 e. The number of carbonyl (C=O) groups is 1. The van der Waals surface area contributed by atoms with Gasteiger partial charge in [0.15, 0.2) is 5.78 Å². The number of fused-ring (bicyclic) bond motifs is 2. The topological polar surface area (TPSA) is 34.9 Å². The zero-order valence-corrected chi connectivity index (χ0v) is 10.1. The third-order valence-electron chi connectivity index (χ3n) is 3.99. The van der Waals surface area contributed by atoms with Crippen LogP contribution < -0.4 is 0 Å². The second kappa shape index (κ2) is 3.55. The minimum atomic E-state index is 0.276. The van der Waals surface area contributed by atoms with Gasteiger partial charge in [0, 0.05) is 36.7 Å². The lowest BCUT2D eigenvalue weighted by Crippen LogP contribution is -1.92. The first-order valence-electron chi connectivity index (χ1n) is 6.54. The summed E-state index contributed by atoms with van der Waals surface area (Å²) in [6.45, 7) is 1.08. The standard InChI is InChI=1S/C15H14N2O/c18-14-6-5-10-3-4-11(8-12(10)14)13-9-17-7-1-2-15(17)16-13/h3-4,8-9H,1-2,5-7H2. The van der Waals surface area contributed by atoms with Crippen LogP contribution in [0, 0.1) is 0 Å². The Balaban J connectivity index is 1.80. The van der Waals surface area contributed by atoms with Gasteiger partial charge in [-0.3, -0.25) is 4.79 Å². The molecule has 4 rings (SSSR count). The van der Waals surface area contributed by atoms with Crippen LogP contribution in [0.25, 0.3) is 11.3 Å². The molecule has 90 valence electrons. The SMILES string of the molecule is O=C1CCc2ccc(-c3cn4c(n3)CCC4)cc21. The Labute approximate surface area is 105 Å². The number of benzene rings is 1. The molecule has 1 aromatic heterocycles. The molecular formula is C15H14N2O. The molecule has 0 N–H and O–H groups in total. The Morgan fingerprint density at radius 3 is 3.00 bits per heavy atom. The predicted molar refractivity (Wildman–Crippen MR) is 68.6 cm³/mol. The maximum absolute atomic E-state index is 11.8. The first-order valence-corrected chi connectivity index (χ1v) is 6.54. The van der Waals surface area contributed by atoms with Crippen molar-refractivity contribution >= 4 is 5.78 Å².